The molecule has 1 aromatic heterocycles. The number of likely N-dealkylation sites (tertiary alicyclic amines) is 1. The maximum absolute atomic E-state index is 14.0. The number of hydrogen-bond donors (Lipinski definition) is 3. The molecule has 2 aliphatic heterocycles. The number of nitrogens with zero attached hydrogens (tertiary/aromatic N) is 3. The summed E-state index contributed by atoms with van der Waals surface area (Å²) in [5, 5.41) is 25.7. The summed E-state index contributed by atoms with van der Waals surface area (Å²) in [4.78, 5) is 2.52. The van der Waals surface area contributed by atoms with Gasteiger partial charge in [-0.2, -0.15) is 0 Å². The molecule has 2 aromatic rings. The van der Waals surface area contributed by atoms with Crippen LogP contribution < -0.4 is 10.6 Å². The molecular formula is C22H29F2N5O. The Morgan fingerprint density at radius 2 is 2.07 bits per heavy atom. The molecule has 1 aromatic carbocycles. The fraction of sp³-hybridized carbons (Fsp3) is 0.545. The molecule has 3 N–H and O–H groups in total. The van der Waals surface area contributed by atoms with Gasteiger partial charge in [-0.15, -0.1) is 10.2 Å². The zero-order chi connectivity index (χ0) is 21.3. The van der Waals surface area contributed by atoms with Gasteiger partial charge in [-0.1, -0.05) is 6.92 Å². The SMILES string of the molecule is CCC(F)(F)c1cc(C)c(-c2ccc(N[C@@H]3CCCN(C4CNC4)C3)nn2)c(O)c1. The Hall–Kier alpha value is -2.32. The molecule has 0 bridgehead atoms. The molecule has 3 heterocycles. The zero-order valence-electron chi connectivity index (χ0n) is 17.5. The number of nitrogens with one attached hydrogen (secondary N) is 2. The number of aryl methyl sites for hydroxylation is 1. The van der Waals surface area contributed by atoms with E-state index < -0.39 is 5.92 Å². The van der Waals surface area contributed by atoms with Crippen molar-refractivity contribution in [1.29, 1.82) is 0 Å². The zero-order valence-corrected chi connectivity index (χ0v) is 17.5. The number of aromatic nitrogens is 2. The number of rotatable bonds is 6. The topological polar surface area (TPSA) is 73.3 Å². The maximum Gasteiger partial charge on any atom is 0.273 e. The van der Waals surface area contributed by atoms with Gasteiger partial charge in [-0.3, -0.25) is 4.90 Å². The summed E-state index contributed by atoms with van der Waals surface area (Å²) in [6, 6.07) is 7.11. The number of anilines is 1. The number of piperidine rings is 1. The highest BCUT2D eigenvalue weighted by atomic mass is 19.3. The minimum Gasteiger partial charge on any atom is -0.507 e. The number of alkyl halides is 2. The van der Waals surface area contributed by atoms with E-state index in [0.717, 1.165) is 45.1 Å². The van der Waals surface area contributed by atoms with Gasteiger partial charge in [0.2, 0.25) is 0 Å². The van der Waals surface area contributed by atoms with Gasteiger partial charge in [0, 0.05) is 49.3 Å². The molecule has 0 spiro atoms. The van der Waals surface area contributed by atoms with E-state index in [4.69, 9.17) is 0 Å². The Kier molecular flexibility index (Phi) is 5.88. The van der Waals surface area contributed by atoms with E-state index in [1.807, 2.05) is 6.07 Å². The lowest BCUT2D eigenvalue weighted by Crippen LogP contribution is -2.60. The molecule has 0 unspecified atom stereocenters. The average Bonchev–Trinajstić information content (AvgIpc) is 2.68. The Bertz CT molecular complexity index is 863. The first kappa shape index (κ1) is 20.9. The Morgan fingerprint density at radius 1 is 1.27 bits per heavy atom. The van der Waals surface area contributed by atoms with Gasteiger partial charge in [0.15, 0.2) is 0 Å². The largest absolute Gasteiger partial charge is 0.507 e. The standard InChI is InChI=1S/C22H29F2N5O/c1-3-22(23,24)15-9-14(2)21(19(30)10-15)18-6-7-20(28-27-18)26-16-5-4-8-29(13-16)17-11-25-12-17/h6-7,9-10,16-17,25,30H,3-5,8,11-13H2,1-2H3,(H,26,28)/t16-/m1/s1. The first-order valence-electron chi connectivity index (χ1n) is 10.6. The van der Waals surface area contributed by atoms with Gasteiger partial charge >= 0.3 is 0 Å². The normalized spacial score (nSPS) is 20.7. The first-order chi connectivity index (χ1) is 14.4. The number of hydrogen-bond acceptors (Lipinski definition) is 6. The van der Waals surface area contributed by atoms with Crippen molar-refractivity contribution in [2.24, 2.45) is 0 Å². The van der Waals surface area contributed by atoms with Crippen LogP contribution in [0.1, 0.15) is 37.3 Å². The van der Waals surface area contributed by atoms with Crippen molar-refractivity contribution in [2.75, 3.05) is 31.5 Å². The third-order valence-electron chi connectivity index (χ3n) is 6.18. The second-order valence-corrected chi connectivity index (χ2v) is 8.34. The van der Waals surface area contributed by atoms with Gasteiger partial charge in [0.05, 0.1) is 5.69 Å². The third kappa shape index (κ3) is 4.25. The molecule has 2 aliphatic rings. The molecule has 4 rings (SSSR count). The summed E-state index contributed by atoms with van der Waals surface area (Å²) in [6.07, 6.45) is 1.93. The predicted octanol–water partition coefficient (Wildman–Crippen LogP) is 3.51. The van der Waals surface area contributed by atoms with Crippen molar-refractivity contribution in [2.45, 2.75) is 51.1 Å². The molecule has 2 saturated heterocycles. The minimum atomic E-state index is -2.97. The summed E-state index contributed by atoms with van der Waals surface area (Å²) in [5.74, 6) is -2.49. The van der Waals surface area contributed by atoms with Crippen LogP contribution in [-0.2, 0) is 5.92 Å². The number of aromatic hydroxyl groups is 1. The second-order valence-electron chi connectivity index (χ2n) is 8.34. The van der Waals surface area contributed by atoms with Gasteiger partial charge in [-0.25, -0.2) is 8.78 Å². The first-order valence-corrected chi connectivity index (χ1v) is 10.6. The van der Waals surface area contributed by atoms with Crippen LogP contribution in [0.25, 0.3) is 11.3 Å². The molecule has 30 heavy (non-hydrogen) atoms. The van der Waals surface area contributed by atoms with Crippen LogP contribution in [0.5, 0.6) is 5.75 Å². The second kappa shape index (κ2) is 8.43. The Labute approximate surface area is 175 Å². The van der Waals surface area contributed by atoms with Gasteiger partial charge in [0.1, 0.15) is 11.6 Å². The summed E-state index contributed by atoms with van der Waals surface area (Å²) < 4.78 is 28.0. The van der Waals surface area contributed by atoms with Crippen LogP contribution >= 0.6 is 0 Å². The summed E-state index contributed by atoms with van der Waals surface area (Å²) in [5.41, 5.74) is 1.27. The van der Waals surface area contributed by atoms with Crippen LogP contribution in [0.2, 0.25) is 0 Å². The van der Waals surface area contributed by atoms with Crippen molar-refractivity contribution in [3.63, 3.8) is 0 Å². The van der Waals surface area contributed by atoms with Crippen molar-refractivity contribution >= 4 is 5.82 Å². The lowest BCUT2D eigenvalue weighted by atomic mass is 9.97. The van der Waals surface area contributed by atoms with E-state index in [1.54, 1.807) is 13.0 Å². The van der Waals surface area contributed by atoms with Crippen molar-refractivity contribution < 1.29 is 13.9 Å². The number of phenolic OH excluding ortho intramolecular Hbond substituents is 1. The highest BCUT2D eigenvalue weighted by Crippen LogP contribution is 2.39. The number of benzene rings is 1. The van der Waals surface area contributed by atoms with E-state index in [9.17, 15) is 13.9 Å². The minimum absolute atomic E-state index is 0.182. The smallest absolute Gasteiger partial charge is 0.273 e. The Morgan fingerprint density at radius 3 is 2.67 bits per heavy atom. The maximum atomic E-state index is 14.0. The van der Waals surface area contributed by atoms with Crippen molar-refractivity contribution in [3.8, 4) is 17.0 Å². The molecule has 8 heteroatoms. The number of phenols is 1. The molecule has 0 radical (unpaired) electrons. The van der Waals surface area contributed by atoms with Crippen molar-refractivity contribution in [1.82, 2.24) is 20.4 Å². The fourth-order valence-electron chi connectivity index (χ4n) is 4.26. The molecular weight excluding hydrogens is 388 g/mol. The highest BCUT2D eigenvalue weighted by molar-refractivity contribution is 5.71. The molecule has 1 atom stereocenters. The quantitative estimate of drug-likeness (QED) is 0.668. The highest BCUT2D eigenvalue weighted by Gasteiger charge is 2.31. The van der Waals surface area contributed by atoms with Gasteiger partial charge < -0.3 is 15.7 Å². The number of halogens is 2. The van der Waals surface area contributed by atoms with Crippen LogP contribution in [0, 0.1) is 6.92 Å². The van der Waals surface area contributed by atoms with E-state index in [-0.39, 0.29) is 17.7 Å². The fourth-order valence-corrected chi connectivity index (χ4v) is 4.26. The van der Waals surface area contributed by atoms with Crippen LogP contribution in [0.3, 0.4) is 0 Å². The van der Waals surface area contributed by atoms with Crippen LogP contribution in [0.15, 0.2) is 24.3 Å². The van der Waals surface area contributed by atoms with Crippen molar-refractivity contribution in [3.05, 3.63) is 35.4 Å². The lowest BCUT2D eigenvalue weighted by molar-refractivity contribution is -0.00851. The Balaban J connectivity index is 1.47. The molecule has 162 valence electrons. The summed E-state index contributed by atoms with van der Waals surface area (Å²) >= 11 is 0. The summed E-state index contributed by atoms with van der Waals surface area (Å²) in [7, 11) is 0. The van der Waals surface area contributed by atoms with E-state index >= 15 is 0 Å². The molecule has 6 nitrogen and oxygen atoms in total. The monoisotopic (exact) mass is 417 g/mol. The van der Waals surface area contributed by atoms with Gasteiger partial charge in [-0.05, 0) is 56.1 Å². The summed E-state index contributed by atoms with van der Waals surface area (Å²) in [6.45, 7) is 7.37. The van der Waals surface area contributed by atoms with E-state index in [1.165, 1.54) is 13.0 Å². The van der Waals surface area contributed by atoms with Crippen LogP contribution in [0.4, 0.5) is 14.6 Å². The molecule has 2 fully saturated rings. The molecule has 0 aliphatic carbocycles. The molecule has 0 saturated carbocycles. The third-order valence-corrected chi connectivity index (χ3v) is 6.18. The van der Waals surface area contributed by atoms with E-state index in [2.05, 4.69) is 25.7 Å². The predicted molar refractivity (Wildman–Crippen MR) is 113 cm³/mol. The lowest BCUT2D eigenvalue weighted by Gasteiger charge is -2.43. The average molecular weight is 418 g/mol. The van der Waals surface area contributed by atoms with E-state index in [0.29, 0.717) is 34.7 Å². The molecule has 0 amide bonds. The van der Waals surface area contributed by atoms with Gasteiger partial charge in [0.25, 0.3) is 5.92 Å². The van der Waals surface area contributed by atoms with Crippen LogP contribution in [-0.4, -0.2) is 58.5 Å².